The van der Waals surface area contributed by atoms with Crippen molar-refractivity contribution in [1.82, 2.24) is 4.98 Å². The molecule has 2 unspecified atom stereocenters. The third kappa shape index (κ3) is 4.35. The van der Waals surface area contributed by atoms with E-state index in [9.17, 15) is 23.4 Å². The van der Waals surface area contributed by atoms with Gasteiger partial charge >= 0.3 is 6.18 Å². The predicted octanol–water partition coefficient (Wildman–Crippen LogP) is 6.80. The number of aromatic nitrogens is 1. The van der Waals surface area contributed by atoms with Gasteiger partial charge in [0.15, 0.2) is 0 Å². The highest BCUT2D eigenvalue weighted by Crippen LogP contribution is 2.68. The minimum atomic E-state index is -4.43. The smallest absolute Gasteiger partial charge is 0.393 e. The number of aliphatic hydroxyl groups excluding tert-OH is 1. The number of fused-ring (bicyclic) bond motifs is 5. The Bertz CT molecular complexity index is 915. The van der Waals surface area contributed by atoms with E-state index in [1.807, 2.05) is 6.92 Å². The van der Waals surface area contributed by atoms with E-state index in [-0.39, 0.29) is 17.4 Å². The highest BCUT2D eigenvalue weighted by atomic mass is 19.4. The summed E-state index contributed by atoms with van der Waals surface area (Å²) in [6.45, 7) is 6.87. The monoisotopic (exact) mass is 493 g/mol. The summed E-state index contributed by atoms with van der Waals surface area (Å²) in [6.07, 6.45) is 7.93. The molecule has 4 aliphatic rings. The first-order chi connectivity index (χ1) is 16.3. The van der Waals surface area contributed by atoms with Crippen LogP contribution in [0, 0.1) is 40.4 Å². The molecule has 35 heavy (non-hydrogen) atoms. The van der Waals surface area contributed by atoms with Gasteiger partial charge in [-0.1, -0.05) is 19.9 Å². The van der Waals surface area contributed by atoms with Crippen molar-refractivity contribution in [3.63, 3.8) is 0 Å². The number of aryl methyl sites for hydroxylation is 1. The molecule has 3 nitrogen and oxygen atoms in total. The lowest BCUT2D eigenvalue weighted by molar-refractivity contribution is -0.144. The van der Waals surface area contributed by atoms with Crippen LogP contribution in [-0.2, 0) is 12.6 Å². The molecule has 0 bridgehead atoms. The molecular weight excluding hydrogens is 451 g/mol. The Hall–Kier alpha value is -1.14. The summed E-state index contributed by atoms with van der Waals surface area (Å²) in [5.41, 5.74) is -0.519. The number of hydrogen-bond donors (Lipinski definition) is 2. The standard InChI is InChI=1S/C29H42F3NO2/c1-26-13-11-20(34)16-19(26)5-6-21-22-7-8-24(27(22,2)14-12-23(21)26)28(3,35)15-10-18-4-9-25(33-17-18)29(30,31)32/h4,9,17,19-24,34-35H,5-8,10-16H2,1-3H3/t19?,20-,21-,22-,23-,24-,26-,27-,28?/m0/s1. The molecule has 0 aromatic carbocycles. The number of nitrogens with zero attached hydrogens (tertiary/aromatic N) is 1. The lowest BCUT2D eigenvalue weighted by atomic mass is 9.44. The molecule has 4 saturated carbocycles. The van der Waals surface area contributed by atoms with E-state index in [0.717, 1.165) is 49.7 Å². The zero-order chi connectivity index (χ0) is 25.2. The summed E-state index contributed by atoms with van der Waals surface area (Å²) in [7, 11) is 0. The Labute approximate surface area is 207 Å². The molecule has 4 fully saturated rings. The van der Waals surface area contributed by atoms with E-state index in [1.165, 1.54) is 37.9 Å². The van der Waals surface area contributed by atoms with Crippen LogP contribution < -0.4 is 0 Å². The van der Waals surface area contributed by atoms with E-state index in [0.29, 0.717) is 36.0 Å². The highest BCUT2D eigenvalue weighted by molar-refractivity contribution is 5.17. The molecule has 0 aliphatic heterocycles. The number of pyridine rings is 1. The molecule has 5 rings (SSSR count). The number of alkyl halides is 3. The number of rotatable bonds is 4. The largest absolute Gasteiger partial charge is 0.433 e. The molecule has 9 atom stereocenters. The topological polar surface area (TPSA) is 53.4 Å². The number of aliphatic hydroxyl groups is 2. The van der Waals surface area contributed by atoms with Crippen LogP contribution in [0.4, 0.5) is 13.2 Å². The molecule has 6 heteroatoms. The molecular formula is C29H42F3NO2. The average Bonchev–Trinajstić information content (AvgIpc) is 3.16. The molecule has 0 radical (unpaired) electrons. The highest BCUT2D eigenvalue weighted by Gasteiger charge is 2.62. The van der Waals surface area contributed by atoms with E-state index < -0.39 is 17.5 Å². The van der Waals surface area contributed by atoms with Gasteiger partial charge < -0.3 is 10.2 Å². The maximum absolute atomic E-state index is 12.8. The first-order valence-corrected chi connectivity index (χ1v) is 13.8. The molecule has 0 spiro atoms. The fraction of sp³-hybridized carbons (Fsp3) is 0.828. The third-order valence-corrected chi connectivity index (χ3v) is 11.4. The summed E-state index contributed by atoms with van der Waals surface area (Å²) in [5.74, 6) is 2.94. The zero-order valence-electron chi connectivity index (χ0n) is 21.4. The van der Waals surface area contributed by atoms with Crippen LogP contribution in [0.25, 0.3) is 0 Å². The lowest BCUT2D eigenvalue weighted by Crippen LogP contribution is -2.55. The normalized spacial score (nSPS) is 43.1. The first-order valence-electron chi connectivity index (χ1n) is 13.8. The molecule has 196 valence electrons. The Kier molecular flexibility index (Phi) is 6.35. The maximum Gasteiger partial charge on any atom is 0.433 e. The molecule has 4 aliphatic carbocycles. The lowest BCUT2D eigenvalue weighted by Gasteiger charge is -2.61. The minimum Gasteiger partial charge on any atom is -0.393 e. The Balaban J connectivity index is 1.28. The van der Waals surface area contributed by atoms with Crippen molar-refractivity contribution in [1.29, 1.82) is 0 Å². The van der Waals surface area contributed by atoms with Crippen molar-refractivity contribution in [2.75, 3.05) is 0 Å². The Morgan fingerprint density at radius 2 is 1.69 bits per heavy atom. The van der Waals surface area contributed by atoms with E-state index in [4.69, 9.17) is 0 Å². The summed E-state index contributed by atoms with van der Waals surface area (Å²) < 4.78 is 38.5. The van der Waals surface area contributed by atoms with E-state index in [1.54, 1.807) is 0 Å². The van der Waals surface area contributed by atoms with Crippen LogP contribution in [0.2, 0.25) is 0 Å². The fourth-order valence-electron chi connectivity index (χ4n) is 9.57. The summed E-state index contributed by atoms with van der Waals surface area (Å²) >= 11 is 0. The van der Waals surface area contributed by atoms with Crippen molar-refractivity contribution in [3.8, 4) is 0 Å². The maximum atomic E-state index is 12.8. The third-order valence-electron chi connectivity index (χ3n) is 11.4. The molecule has 0 amide bonds. The Morgan fingerprint density at radius 3 is 2.37 bits per heavy atom. The van der Waals surface area contributed by atoms with Crippen LogP contribution in [-0.4, -0.2) is 26.9 Å². The van der Waals surface area contributed by atoms with Gasteiger partial charge in [-0.2, -0.15) is 13.2 Å². The van der Waals surface area contributed by atoms with Crippen LogP contribution in [0.15, 0.2) is 18.3 Å². The van der Waals surface area contributed by atoms with Crippen molar-refractivity contribution < 1.29 is 23.4 Å². The van der Waals surface area contributed by atoms with Gasteiger partial charge in [0.2, 0.25) is 0 Å². The van der Waals surface area contributed by atoms with Gasteiger partial charge in [0.25, 0.3) is 0 Å². The SMILES string of the molecule is CC(O)(CCc1ccc(C(F)(F)F)nc1)[C@H]1CC[C@H]2[C@@H]3CCC4C[C@@H](O)CC[C@]4(C)[C@H]3CC[C@]12C. The van der Waals surface area contributed by atoms with Crippen molar-refractivity contribution in [2.24, 2.45) is 40.4 Å². The van der Waals surface area contributed by atoms with Gasteiger partial charge in [0.1, 0.15) is 5.69 Å². The van der Waals surface area contributed by atoms with Crippen LogP contribution in [0.1, 0.15) is 96.2 Å². The summed E-state index contributed by atoms with van der Waals surface area (Å²) in [5, 5.41) is 22.0. The van der Waals surface area contributed by atoms with Crippen LogP contribution in [0.5, 0.6) is 0 Å². The van der Waals surface area contributed by atoms with Gasteiger partial charge in [0, 0.05) is 6.20 Å². The quantitative estimate of drug-likeness (QED) is 0.485. The van der Waals surface area contributed by atoms with Crippen molar-refractivity contribution in [2.45, 2.75) is 109 Å². The summed E-state index contributed by atoms with van der Waals surface area (Å²) in [4.78, 5) is 3.59. The zero-order valence-corrected chi connectivity index (χ0v) is 21.4. The molecule has 2 N–H and O–H groups in total. The Morgan fingerprint density at radius 1 is 0.971 bits per heavy atom. The fourth-order valence-corrected chi connectivity index (χ4v) is 9.57. The molecule has 1 aromatic heterocycles. The predicted molar refractivity (Wildman–Crippen MR) is 129 cm³/mol. The second-order valence-electron chi connectivity index (χ2n) is 13.2. The van der Waals surface area contributed by atoms with E-state index >= 15 is 0 Å². The van der Waals surface area contributed by atoms with Gasteiger partial charge in [0.05, 0.1) is 11.7 Å². The number of hydrogen-bond acceptors (Lipinski definition) is 3. The first kappa shape index (κ1) is 25.5. The van der Waals surface area contributed by atoms with Crippen molar-refractivity contribution in [3.05, 3.63) is 29.6 Å². The molecule has 0 saturated heterocycles. The second kappa shape index (κ2) is 8.72. The minimum absolute atomic E-state index is 0.112. The number of halogens is 3. The van der Waals surface area contributed by atoms with Gasteiger partial charge in [-0.05, 0) is 130 Å². The van der Waals surface area contributed by atoms with E-state index in [2.05, 4.69) is 18.8 Å². The molecule has 1 heterocycles. The van der Waals surface area contributed by atoms with Crippen LogP contribution in [0.3, 0.4) is 0 Å². The van der Waals surface area contributed by atoms with Gasteiger partial charge in [-0.3, -0.25) is 4.98 Å². The second-order valence-corrected chi connectivity index (χ2v) is 13.2. The van der Waals surface area contributed by atoms with Crippen molar-refractivity contribution >= 4 is 0 Å². The molecule has 1 aromatic rings. The average molecular weight is 494 g/mol. The van der Waals surface area contributed by atoms with Gasteiger partial charge in [-0.25, -0.2) is 0 Å². The summed E-state index contributed by atoms with van der Waals surface area (Å²) in [6, 6.07) is 2.54. The van der Waals surface area contributed by atoms with Gasteiger partial charge in [-0.15, -0.1) is 0 Å². The van der Waals surface area contributed by atoms with Crippen LogP contribution >= 0.6 is 0 Å².